The van der Waals surface area contributed by atoms with Gasteiger partial charge >= 0.3 is 5.97 Å². The Kier molecular flexibility index (Phi) is 6.84. The molecule has 0 saturated heterocycles. The minimum Gasteiger partial charge on any atom is -0.494 e. The molecule has 6 heteroatoms. The largest absolute Gasteiger partial charge is 0.494 e. The van der Waals surface area contributed by atoms with E-state index >= 15 is 0 Å². The molecule has 34 heavy (non-hydrogen) atoms. The van der Waals surface area contributed by atoms with Crippen LogP contribution in [0.25, 0.3) is 0 Å². The van der Waals surface area contributed by atoms with E-state index in [0.717, 1.165) is 35.3 Å². The van der Waals surface area contributed by atoms with E-state index in [0.29, 0.717) is 29.2 Å². The normalized spacial score (nSPS) is 14.6. The van der Waals surface area contributed by atoms with Gasteiger partial charge in [0.05, 0.1) is 18.1 Å². The van der Waals surface area contributed by atoms with Gasteiger partial charge in [-0.1, -0.05) is 49.2 Å². The molecule has 2 N–H and O–H groups in total. The summed E-state index contributed by atoms with van der Waals surface area (Å²) in [6, 6.07) is 22.1. The van der Waals surface area contributed by atoms with Gasteiger partial charge in [0.25, 0.3) is 0 Å². The number of rotatable bonds is 7. The fourth-order valence-corrected chi connectivity index (χ4v) is 3.79. The van der Waals surface area contributed by atoms with Crippen LogP contribution in [0.1, 0.15) is 52.7 Å². The summed E-state index contributed by atoms with van der Waals surface area (Å²) >= 11 is 0. The Morgan fingerprint density at radius 1 is 1.06 bits per heavy atom. The minimum atomic E-state index is -0.466. The van der Waals surface area contributed by atoms with Gasteiger partial charge in [-0.05, 0) is 49.2 Å². The van der Waals surface area contributed by atoms with Crippen LogP contribution in [0.2, 0.25) is 0 Å². The summed E-state index contributed by atoms with van der Waals surface area (Å²) in [5.74, 6) is 0.714. The SMILES string of the molecule is CCCCOc1ccc(C2C(C#N)=C(N)Oc3cc(OC(=O)c4ccc(C)cc4)ccc32)cc1. The lowest BCUT2D eigenvalue weighted by Crippen LogP contribution is -2.21. The number of ether oxygens (including phenoxy) is 3. The summed E-state index contributed by atoms with van der Waals surface area (Å²) in [5.41, 5.74) is 9.59. The van der Waals surface area contributed by atoms with Crippen LogP contribution in [-0.4, -0.2) is 12.6 Å². The van der Waals surface area contributed by atoms with Gasteiger partial charge in [0.2, 0.25) is 5.88 Å². The number of carbonyl (C=O) groups excluding carboxylic acids is 1. The molecule has 0 aliphatic carbocycles. The van der Waals surface area contributed by atoms with Gasteiger partial charge in [0.15, 0.2) is 0 Å². The van der Waals surface area contributed by atoms with Gasteiger partial charge in [-0.2, -0.15) is 5.26 Å². The first-order valence-electron chi connectivity index (χ1n) is 11.2. The number of hydrogen-bond donors (Lipinski definition) is 1. The highest BCUT2D eigenvalue weighted by molar-refractivity contribution is 5.91. The van der Waals surface area contributed by atoms with E-state index in [-0.39, 0.29) is 5.88 Å². The van der Waals surface area contributed by atoms with E-state index in [4.69, 9.17) is 19.9 Å². The highest BCUT2D eigenvalue weighted by Gasteiger charge is 2.31. The Morgan fingerprint density at radius 2 is 1.76 bits per heavy atom. The molecule has 3 aromatic carbocycles. The number of nitrogens with zero attached hydrogens (tertiary/aromatic N) is 1. The Balaban J connectivity index is 1.60. The maximum atomic E-state index is 12.5. The van der Waals surface area contributed by atoms with Crippen molar-refractivity contribution in [2.24, 2.45) is 5.73 Å². The number of carbonyl (C=O) groups is 1. The predicted octanol–water partition coefficient (Wildman–Crippen LogP) is 5.61. The highest BCUT2D eigenvalue weighted by atomic mass is 16.5. The predicted molar refractivity (Wildman–Crippen MR) is 129 cm³/mol. The third kappa shape index (κ3) is 4.89. The van der Waals surface area contributed by atoms with Gasteiger partial charge in [0.1, 0.15) is 28.9 Å². The Bertz CT molecular complexity index is 1260. The van der Waals surface area contributed by atoms with E-state index in [2.05, 4.69) is 13.0 Å². The van der Waals surface area contributed by atoms with Crippen LogP contribution in [0.15, 0.2) is 78.2 Å². The molecule has 6 nitrogen and oxygen atoms in total. The average Bonchev–Trinajstić information content (AvgIpc) is 2.84. The first kappa shape index (κ1) is 22.9. The molecule has 0 radical (unpaired) electrons. The second-order valence-corrected chi connectivity index (χ2v) is 8.15. The van der Waals surface area contributed by atoms with Crippen molar-refractivity contribution in [2.75, 3.05) is 6.61 Å². The maximum Gasteiger partial charge on any atom is 0.343 e. The zero-order valence-corrected chi connectivity index (χ0v) is 19.2. The van der Waals surface area contributed by atoms with Crippen LogP contribution in [0.5, 0.6) is 17.2 Å². The third-order valence-electron chi connectivity index (χ3n) is 5.67. The van der Waals surface area contributed by atoms with Crippen molar-refractivity contribution in [3.63, 3.8) is 0 Å². The molecular formula is C28H26N2O4. The zero-order valence-electron chi connectivity index (χ0n) is 19.2. The second kappa shape index (κ2) is 10.1. The smallest absolute Gasteiger partial charge is 0.343 e. The number of esters is 1. The Morgan fingerprint density at radius 3 is 2.44 bits per heavy atom. The van der Waals surface area contributed by atoms with Crippen molar-refractivity contribution >= 4 is 5.97 Å². The summed E-state index contributed by atoms with van der Waals surface area (Å²) in [4.78, 5) is 12.5. The standard InChI is InChI=1S/C28H26N2O4/c1-3-4-15-32-21-11-9-19(10-12-21)26-23-14-13-22(16-25(23)34-27(30)24(26)17-29)33-28(31)20-7-5-18(2)6-8-20/h5-14,16,26H,3-4,15,30H2,1-2H3. The summed E-state index contributed by atoms with van der Waals surface area (Å²) in [7, 11) is 0. The van der Waals surface area contributed by atoms with Crippen molar-refractivity contribution < 1.29 is 19.0 Å². The van der Waals surface area contributed by atoms with Gasteiger partial charge in [-0.25, -0.2) is 4.79 Å². The van der Waals surface area contributed by atoms with Crippen molar-refractivity contribution in [1.82, 2.24) is 0 Å². The number of unbranched alkanes of at least 4 members (excludes halogenated alkanes) is 1. The number of nitrogens with two attached hydrogens (primary N) is 1. The molecule has 0 fully saturated rings. The van der Waals surface area contributed by atoms with Gasteiger partial charge in [-0.3, -0.25) is 0 Å². The summed E-state index contributed by atoms with van der Waals surface area (Å²) < 4.78 is 17.0. The lowest BCUT2D eigenvalue weighted by Gasteiger charge is -2.26. The minimum absolute atomic E-state index is 0.0327. The van der Waals surface area contributed by atoms with Gasteiger partial charge in [0, 0.05) is 11.6 Å². The number of fused-ring (bicyclic) bond motifs is 1. The van der Waals surface area contributed by atoms with Crippen molar-refractivity contribution in [3.8, 4) is 23.3 Å². The number of aryl methyl sites for hydroxylation is 1. The van der Waals surface area contributed by atoms with E-state index in [1.807, 2.05) is 43.3 Å². The molecule has 1 heterocycles. The fraction of sp³-hybridized carbons (Fsp3) is 0.214. The van der Waals surface area contributed by atoms with Crippen molar-refractivity contribution in [3.05, 3.63) is 100 Å². The molecule has 4 rings (SSSR count). The lowest BCUT2D eigenvalue weighted by molar-refractivity contribution is 0.0734. The topological polar surface area (TPSA) is 94.6 Å². The number of allylic oxidation sites excluding steroid dienone is 1. The summed E-state index contributed by atoms with van der Waals surface area (Å²) in [5, 5.41) is 9.77. The van der Waals surface area contributed by atoms with Crippen LogP contribution in [0.3, 0.4) is 0 Å². The number of benzene rings is 3. The molecule has 1 unspecified atom stereocenters. The maximum absolute atomic E-state index is 12.5. The molecule has 0 saturated carbocycles. The van der Waals surface area contributed by atoms with Crippen molar-refractivity contribution in [1.29, 1.82) is 5.26 Å². The Hall–Kier alpha value is -4.24. The van der Waals surface area contributed by atoms with Crippen LogP contribution < -0.4 is 19.9 Å². The second-order valence-electron chi connectivity index (χ2n) is 8.15. The van der Waals surface area contributed by atoms with E-state index < -0.39 is 11.9 Å². The van der Waals surface area contributed by atoms with Crippen LogP contribution in [0.4, 0.5) is 0 Å². The number of hydrogen-bond acceptors (Lipinski definition) is 6. The molecule has 172 valence electrons. The highest BCUT2D eigenvalue weighted by Crippen LogP contribution is 2.43. The summed E-state index contributed by atoms with van der Waals surface area (Å²) in [6.45, 7) is 4.73. The first-order valence-corrected chi connectivity index (χ1v) is 11.2. The van der Waals surface area contributed by atoms with Crippen LogP contribution >= 0.6 is 0 Å². The molecule has 0 bridgehead atoms. The van der Waals surface area contributed by atoms with Crippen molar-refractivity contribution in [2.45, 2.75) is 32.6 Å². The molecule has 0 aromatic heterocycles. The third-order valence-corrected chi connectivity index (χ3v) is 5.67. The molecular weight excluding hydrogens is 428 g/mol. The molecule has 3 aromatic rings. The molecule has 0 spiro atoms. The lowest BCUT2D eigenvalue weighted by atomic mass is 9.83. The monoisotopic (exact) mass is 454 g/mol. The van der Waals surface area contributed by atoms with Crippen LogP contribution in [0, 0.1) is 18.3 Å². The van der Waals surface area contributed by atoms with Gasteiger partial charge in [-0.15, -0.1) is 0 Å². The molecule has 1 aliphatic heterocycles. The summed E-state index contributed by atoms with van der Waals surface area (Å²) in [6.07, 6.45) is 2.05. The molecule has 1 aliphatic rings. The Labute approximate surface area is 199 Å². The zero-order chi connectivity index (χ0) is 24.1. The molecule has 1 atom stereocenters. The molecule has 0 amide bonds. The fourth-order valence-electron chi connectivity index (χ4n) is 3.79. The van der Waals surface area contributed by atoms with E-state index in [1.54, 1.807) is 30.3 Å². The van der Waals surface area contributed by atoms with Crippen LogP contribution in [-0.2, 0) is 0 Å². The van der Waals surface area contributed by atoms with Gasteiger partial charge < -0.3 is 19.9 Å². The quantitative estimate of drug-likeness (QED) is 0.283. The van der Waals surface area contributed by atoms with E-state index in [9.17, 15) is 10.1 Å². The average molecular weight is 455 g/mol. The number of nitriles is 1. The first-order chi connectivity index (χ1) is 16.5. The van der Waals surface area contributed by atoms with E-state index in [1.165, 1.54) is 0 Å².